The number of pyridine rings is 1. The minimum Gasteiger partial charge on any atom is -0.496 e. The second kappa shape index (κ2) is 8.37. The zero-order chi connectivity index (χ0) is 22.1. The molecule has 162 valence electrons. The van der Waals surface area contributed by atoms with Crippen LogP contribution < -0.4 is 21.3 Å². The maximum absolute atomic E-state index is 13.2. The van der Waals surface area contributed by atoms with Crippen LogP contribution in [-0.4, -0.2) is 27.6 Å². The normalized spacial score (nSPS) is 13.5. The van der Waals surface area contributed by atoms with Crippen molar-refractivity contribution in [2.45, 2.75) is 45.7 Å². The largest absolute Gasteiger partial charge is 0.496 e. The van der Waals surface area contributed by atoms with Crippen molar-refractivity contribution in [2.75, 3.05) is 7.11 Å². The Morgan fingerprint density at radius 2 is 2.03 bits per heavy atom. The maximum atomic E-state index is 13.2. The van der Waals surface area contributed by atoms with E-state index in [1.807, 2.05) is 38.1 Å². The standard InChI is InChI=1S/C23H26N4O4/c1-13(2)12-27-20-19(22(29)26-23(27)30)16(10-17(25-20)14-8-9-14)21(28)24-11-15-6-4-5-7-18(15)31-3/h4-7,10,13-14H,8-9,11-12H2,1-3H3,(H,24,28)(H,26,29,30). The van der Waals surface area contributed by atoms with E-state index in [1.165, 1.54) is 4.57 Å². The molecule has 8 nitrogen and oxygen atoms in total. The number of nitrogens with one attached hydrogen (secondary N) is 2. The number of carbonyl (C=O) groups is 1. The Balaban J connectivity index is 1.80. The van der Waals surface area contributed by atoms with Crippen molar-refractivity contribution in [3.05, 3.63) is 68.0 Å². The van der Waals surface area contributed by atoms with E-state index in [-0.39, 0.29) is 40.9 Å². The summed E-state index contributed by atoms with van der Waals surface area (Å²) in [5.41, 5.74) is 0.973. The van der Waals surface area contributed by atoms with Gasteiger partial charge < -0.3 is 10.1 Å². The van der Waals surface area contributed by atoms with Crippen molar-refractivity contribution in [3.63, 3.8) is 0 Å². The Kier molecular flexibility index (Phi) is 5.63. The highest BCUT2D eigenvalue weighted by Gasteiger charge is 2.28. The summed E-state index contributed by atoms with van der Waals surface area (Å²) >= 11 is 0. The Hall–Kier alpha value is -3.42. The van der Waals surface area contributed by atoms with E-state index in [0.29, 0.717) is 12.3 Å². The highest BCUT2D eigenvalue weighted by Crippen LogP contribution is 2.39. The number of amides is 1. The van der Waals surface area contributed by atoms with Crippen LogP contribution in [0.1, 0.15) is 54.2 Å². The molecule has 1 amide bonds. The summed E-state index contributed by atoms with van der Waals surface area (Å²) in [5, 5.41) is 3.02. The lowest BCUT2D eigenvalue weighted by Crippen LogP contribution is -2.34. The Labute approximate surface area is 179 Å². The highest BCUT2D eigenvalue weighted by molar-refractivity contribution is 6.05. The predicted molar refractivity (Wildman–Crippen MR) is 118 cm³/mol. The van der Waals surface area contributed by atoms with Crippen LogP contribution in [0.5, 0.6) is 5.75 Å². The van der Waals surface area contributed by atoms with Crippen molar-refractivity contribution in [2.24, 2.45) is 5.92 Å². The molecule has 0 spiro atoms. The van der Waals surface area contributed by atoms with Crippen molar-refractivity contribution in [1.82, 2.24) is 19.9 Å². The molecule has 0 bridgehead atoms. The van der Waals surface area contributed by atoms with Crippen molar-refractivity contribution in [1.29, 1.82) is 0 Å². The summed E-state index contributed by atoms with van der Waals surface area (Å²) in [7, 11) is 1.58. The van der Waals surface area contributed by atoms with Gasteiger partial charge in [0, 0.05) is 30.3 Å². The van der Waals surface area contributed by atoms with Gasteiger partial charge in [-0.2, -0.15) is 0 Å². The highest BCUT2D eigenvalue weighted by atomic mass is 16.5. The van der Waals surface area contributed by atoms with Gasteiger partial charge in [0.1, 0.15) is 5.75 Å². The van der Waals surface area contributed by atoms with Gasteiger partial charge in [-0.05, 0) is 30.9 Å². The second-order valence-corrected chi connectivity index (χ2v) is 8.33. The second-order valence-electron chi connectivity index (χ2n) is 8.33. The summed E-state index contributed by atoms with van der Waals surface area (Å²) in [4.78, 5) is 45.4. The van der Waals surface area contributed by atoms with Gasteiger partial charge in [-0.1, -0.05) is 32.0 Å². The van der Waals surface area contributed by atoms with Gasteiger partial charge in [0.15, 0.2) is 5.65 Å². The third-order valence-electron chi connectivity index (χ3n) is 5.39. The van der Waals surface area contributed by atoms with Gasteiger partial charge in [-0.3, -0.25) is 19.1 Å². The minimum atomic E-state index is -0.600. The summed E-state index contributed by atoms with van der Waals surface area (Å²) in [6, 6.07) is 9.11. The molecule has 2 heterocycles. The molecule has 4 rings (SSSR count). The number of aromatic nitrogens is 3. The van der Waals surface area contributed by atoms with Crippen molar-refractivity contribution >= 4 is 16.9 Å². The van der Waals surface area contributed by atoms with Gasteiger partial charge in [0.05, 0.1) is 18.1 Å². The topological polar surface area (TPSA) is 106 Å². The first-order valence-corrected chi connectivity index (χ1v) is 10.5. The molecule has 0 aliphatic heterocycles. The Morgan fingerprint density at radius 1 is 1.29 bits per heavy atom. The first-order valence-electron chi connectivity index (χ1n) is 10.5. The van der Waals surface area contributed by atoms with Gasteiger partial charge in [-0.15, -0.1) is 0 Å². The van der Waals surface area contributed by atoms with Crippen LogP contribution in [0.25, 0.3) is 11.0 Å². The number of nitrogens with zero attached hydrogens (tertiary/aromatic N) is 2. The van der Waals surface area contributed by atoms with Crippen molar-refractivity contribution < 1.29 is 9.53 Å². The van der Waals surface area contributed by atoms with Crippen LogP contribution in [0.4, 0.5) is 0 Å². The first-order chi connectivity index (χ1) is 14.9. The minimum absolute atomic E-state index is 0.141. The fourth-order valence-electron chi connectivity index (χ4n) is 3.72. The van der Waals surface area contributed by atoms with Crippen LogP contribution >= 0.6 is 0 Å². The molecule has 0 unspecified atom stereocenters. The van der Waals surface area contributed by atoms with Crippen LogP contribution in [0.2, 0.25) is 0 Å². The summed E-state index contributed by atoms with van der Waals surface area (Å²) in [6.45, 7) is 4.61. The maximum Gasteiger partial charge on any atom is 0.330 e. The first kappa shape index (κ1) is 20.8. The average Bonchev–Trinajstić information content (AvgIpc) is 3.59. The van der Waals surface area contributed by atoms with E-state index in [9.17, 15) is 14.4 Å². The molecule has 1 saturated carbocycles. The van der Waals surface area contributed by atoms with Crippen LogP contribution in [-0.2, 0) is 13.1 Å². The van der Waals surface area contributed by atoms with E-state index in [1.54, 1.807) is 13.2 Å². The molecule has 2 N–H and O–H groups in total. The molecule has 1 aliphatic carbocycles. The summed E-state index contributed by atoms with van der Waals surface area (Å²) in [6.07, 6.45) is 1.97. The third-order valence-corrected chi connectivity index (χ3v) is 5.39. The SMILES string of the molecule is COc1ccccc1CNC(=O)c1cc(C2CC2)nc2c1c(=O)[nH]c(=O)n2CC(C)C. The lowest BCUT2D eigenvalue weighted by molar-refractivity contribution is 0.0952. The van der Waals surface area contributed by atoms with E-state index in [0.717, 1.165) is 24.1 Å². The molecule has 31 heavy (non-hydrogen) atoms. The molecule has 1 aromatic carbocycles. The average molecular weight is 422 g/mol. The number of fused-ring (bicyclic) bond motifs is 1. The van der Waals surface area contributed by atoms with Gasteiger partial charge in [0.2, 0.25) is 0 Å². The predicted octanol–water partition coefficient (Wildman–Crippen LogP) is 2.56. The fraction of sp³-hybridized carbons (Fsp3) is 0.391. The van der Waals surface area contributed by atoms with E-state index < -0.39 is 11.2 Å². The van der Waals surface area contributed by atoms with Crippen LogP contribution in [0.3, 0.4) is 0 Å². The summed E-state index contributed by atoms with van der Waals surface area (Å²) < 4.78 is 6.81. The molecular weight excluding hydrogens is 396 g/mol. The summed E-state index contributed by atoms with van der Waals surface area (Å²) in [5.74, 6) is 0.707. The Morgan fingerprint density at radius 3 is 2.71 bits per heavy atom. The van der Waals surface area contributed by atoms with E-state index in [4.69, 9.17) is 4.74 Å². The van der Waals surface area contributed by atoms with Crippen molar-refractivity contribution in [3.8, 4) is 5.75 Å². The van der Waals surface area contributed by atoms with Crippen LogP contribution in [0.15, 0.2) is 39.9 Å². The molecular formula is C23H26N4O4. The number of aromatic amines is 1. The number of methoxy groups -OCH3 is 1. The van der Waals surface area contributed by atoms with E-state index in [2.05, 4.69) is 15.3 Å². The number of benzene rings is 1. The molecule has 1 fully saturated rings. The molecule has 0 radical (unpaired) electrons. The fourth-order valence-corrected chi connectivity index (χ4v) is 3.72. The van der Waals surface area contributed by atoms with E-state index >= 15 is 0 Å². The number of ether oxygens (including phenoxy) is 1. The molecule has 2 aromatic heterocycles. The smallest absolute Gasteiger partial charge is 0.330 e. The molecule has 1 aliphatic rings. The Bertz CT molecular complexity index is 1250. The zero-order valence-corrected chi connectivity index (χ0v) is 17.9. The number of rotatable bonds is 7. The third kappa shape index (κ3) is 4.23. The number of hydrogen-bond donors (Lipinski definition) is 2. The number of para-hydroxylation sites is 1. The molecule has 0 atom stereocenters. The van der Waals surface area contributed by atoms with Gasteiger partial charge >= 0.3 is 5.69 Å². The van der Waals surface area contributed by atoms with Gasteiger partial charge in [-0.25, -0.2) is 9.78 Å². The lowest BCUT2D eigenvalue weighted by Gasteiger charge is -2.15. The number of H-pyrrole nitrogens is 1. The number of carbonyl (C=O) groups excluding carboxylic acids is 1. The number of hydrogen-bond acceptors (Lipinski definition) is 5. The molecule has 8 heteroatoms. The lowest BCUT2D eigenvalue weighted by atomic mass is 10.1. The van der Waals surface area contributed by atoms with Crippen LogP contribution in [0, 0.1) is 5.92 Å². The van der Waals surface area contributed by atoms with Gasteiger partial charge in [0.25, 0.3) is 11.5 Å². The monoisotopic (exact) mass is 422 g/mol. The molecule has 3 aromatic rings. The zero-order valence-electron chi connectivity index (χ0n) is 17.9. The molecule has 0 saturated heterocycles. The quantitative estimate of drug-likeness (QED) is 0.609.